The molecule has 0 unspecified atom stereocenters. The van der Waals surface area contributed by atoms with Gasteiger partial charge < -0.3 is 16.0 Å². The molecule has 0 aliphatic rings. The van der Waals surface area contributed by atoms with Crippen molar-refractivity contribution in [3.63, 3.8) is 0 Å². The molecular weight excluding hydrogens is 218 g/mol. The van der Waals surface area contributed by atoms with Crippen LogP contribution in [0.5, 0.6) is 0 Å². The topological polar surface area (TPSA) is 70.2 Å². The van der Waals surface area contributed by atoms with E-state index in [1.807, 2.05) is 27.7 Å². The Bertz CT molecular complexity index is 240. The Labute approximate surface area is 104 Å². The summed E-state index contributed by atoms with van der Waals surface area (Å²) in [7, 11) is 0. The van der Waals surface area contributed by atoms with E-state index in [0.29, 0.717) is 38.0 Å². The van der Waals surface area contributed by atoms with E-state index >= 15 is 0 Å². The zero-order valence-electron chi connectivity index (χ0n) is 11.3. The van der Waals surface area contributed by atoms with Gasteiger partial charge in [0.2, 0.25) is 11.8 Å². The zero-order valence-corrected chi connectivity index (χ0v) is 11.3. The summed E-state index contributed by atoms with van der Waals surface area (Å²) in [5.41, 5.74) is 0. The average molecular weight is 243 g/mol. The molecule has 0 saturated heterocycles. The van der Waals surface area contributed by atoms with Crippen LogP contribution in [0.3, 0.4) is 0 Å². The fourth-order valence-corrected chi connectivity index (χ4v) is 1.21. The lowest BCUT2D eigenvalue weighted by Crippen LogP contribution is -2.40. The molecule has 0 aromatic carbocycles. The highest BCUT2D eigenvalue weighted by atomic mass is 16.2. The summed E-state index contributed by atoms with van der Waals surface area (Å²) in [4.78, 5) is 22.6. The Morgan fingerprint density at radius 1 is 0.941 bits per heavy atom. The summed E-state index contributed by atoms with van der Waals surface area (Å²) in [6.45, 7) is 9.25. The maximum atomic E-state index is 11.3. The van der Waals surface area contributed by atoms with E-state index in [4.69, 9.17) is 0 Å². The average Bonchev–Trinajstić information content (AvgIpc) is 2.20. The normalized spacial score (nSPS) is 10.7. The Morgan fingerprint density at radius 2 is 1.47 bits per heavy atom. The molecule has 3 N–H and O–H groups in total. The van der Waals surface area contributed by atoms with Gasteiger partial charge in [-0.2, -0.15) is 0 Å². The molecule has 5 nitrogen and oxygen atoms in total. The number of hydrogen-bond acceptors (Lipinski definition) is 3. The van der Waals surface area contributed by atoms with Crippen LogP contribution < -0.4 is 16.0 Å². The van der Waals surface area contributed by atoms with Gasteiger partial charge in [-0.1, -0.05) is 27.7 Å². The SMILES string of the molecule is CC(C)CC(=O)NCCNC(=O)CNC(C)C. The lowest BCUT2D eigenvalue weighted by atomic mass is 10.1. The first kappa shape index (κ1) is 15.9. The van der Waals surface area contributed by atoms with Crippen LogP contribution in [0.2, 0.25) is 0 Å². The molecule has 0 rings (SSSR count). The molecule has 0 aromatic heterocycles. The third-order valence-electron chi connectivity index (χ3n) is 2.03. The lowest BCUT2D eigenvalue weighted by Gasteiger charge is -2.10. The monoisotopic (exact) mass is 243 g/mol. The van der Waals surface area contributed by atoms with E-state index in [1.54, 1.807) is 0 Å². The van der Waals surface area contributed by atoms with Crippen molar-refractivity contribution >= 4 is 11.8 Å². The number of rotatable bonds is 8. The Morgan fingerprint density at radius 3 is 1.94 bits per heavy atom. The van der Waals surface area contributed by atoms with E-state index in [-0.39, 0.29) is 11.8 Å². The fourth-order valence-electron chi connectivity index (χ4n) is 1.21. The quantitative estimate of drug-likeness (QED) is 0.536. The minimum Gasteiger partial charge on any atom is -0.354 e. The van der Waals surface area contributed by atoms with Crippen molar-refractivity contribution in [1.82, 2.24) is 16.0 Å². The van der Waals surface area contributed by atoms with Crippen LogP contribution >= 0.6 is 0 Å². The number of carbonyl (C=O) groups is 2. The predicted molar refractivity (Wildman–Crippen MR) is 68.6 cm³/mol. The molecule has 100 valence electrons. The second kappa shape index (κ2) is 8.98. The molecule has 2 amide bonds. The summed E-state index contributed by atoms with van der Waals surface area (Å²) in [6.07, 6.45) is 0.531. The second-order valence-electron chi connectivity index (χ2n) is 4.83. The van der Waals surface area contributed by atoms with Crippen molar-refractivity contribution in [3.05, 3.63) is 0 Å². The number of hydrogen-bond donors (Lipinski definition) is 3. The molecule has 0 fully saturated rings. The molecule has 0 aliphatic heterocycles. The molecule has 0 radical (unpaired) electrons. The highest BCUT2D eigenvalue weighted by Crippen LogP contribution is 1.97. The fraction of sp³-hybridized carbons (Fsp3) is 0.833. The maximum Gasteiger partial charge on any atom is 0.234 e. The summed E-state index contributed by atoms with van der Waals surface area (Å²) < 4.78 is 0. The third-order valence-corrected chi connectivity index (χ3v) is 2.03. The van der Waals surface area contributed by atoms with Gasteiger partial charge in [0.1, 0.15) is 0 Å². The van der Waals surface area contributed by atoms with Crippen molar-refractivity contribution in [2.45, 2.75) is 40.2 Å². The van der Waals surface area contributed by atoms with E-state index in [2.05, 4.69) is 16.0 Å². The van der Waals surface area contributed by atoms with Gasteiger partial charge in [-0.3, -0.25) is 9.59 Å². The molecule has 0 heterocycles. The molecule has 0 aliphatic carbocycles. The molecule has 0 aromatic rings. The van der Waals surface area contributed by atoms with Crippen molar-refractivity contribution in [2.24, 2.45) is 5.92 Å². The number of amides is 2. The molecule has 0 atom stereocenters. The minimum atomic E-state index is -0.0446. The van der Waals surface area contributed by atoms with Crippen LogP contribution in [-0.2, 0) is 9.59 Å². The molecule has 17 heavy (non-hydrogen) atoms. The highest BCUT2D eigenvalue weighted by molar-refractivity contribution is 5.78. The first-order chi connectivity index (χ1) is 7.91. The summed E-state index contributed by atoms with van der Waals surface area (Å²) in [6, 6.07) is 0.298. The maximum absolute atomic E-state index is 11.3. The highest BCUT2D eigenvalue weighted by Gasteiger charge is 2.04. The molecule has 0 saturated carbocycles. The van der Waals surface area contributed by atoms with Gasteiger partial charge >= 0.3 is 0 Å². The second-order valence-corrected chi connectivity index (χ2v) is 4.83. The van der Waals surface area contributed by atoms with E-state index in [1.165, 1.54) is 0 Å². The summed E-state index contributed by atoms with van der Waals surface area (Å²) in [5.74, 6) is 0.353. The Hall–Kier alpha value is -1.10. The largest absolute Gasteiger partial charge is 0.354 e. The van der Waals surface area contributed by atoms with Gasteiger partial charge in [-0.15, -0.1) is 0 Å². The Balaban J connectivity index is 3.44. The lowest BCUT2D eigenvalue weighted by molar-refractivity contribution is -0.123. The van der Waals surface area contributed by atoms with Gasteiger partial charge in [0, 0.05) is 25.6 Å². The van der Waals surface area contributed by atoms with Crippen LogP contribution in [0.1, 0.15) is 34.1 Å². The van der Waals surface area contributed by atoms with Gasteiger partial charge in [-0.05, 0) is 5.92 Å². The number of carbonyl (C=O) groups excluding carboxylic acids is 2. The van der Waals surface area contributed by atoms with Gasteiger partial charge in [-0.25, -0.2) is 0 Å². The van der Waals surface area contributed by atoms with E-state index in [0.717, 1.165) is 0 Å². The van der Waals surface area contributed by atoms with Crippen LogP contribution in [0.25, 0.3) is 0 Å². The van der Waals surface area contributed by atoms with Gasteiger partial charge in [0.15, 0.2) is 0 Å². The summed E-state index contributed by atoms with van der Waals surface area (Å²) >= 11 is 0. The van der Waals surface area contributed by atoms with Crippen LogP contribution in [-0.4, -0.2) is 37.5 Å². The van der Waals surface area contributed by atoms with Crippen LogP contribution in [0.15, 0.2) is 0 Å². The van der Waals surface area contributed by atoms with E-state index < -0.39 is 0 Å². The zero-order chi connectivity index (χ0) is 13.3. The molecular formula is C12H25N3O2. The standard InChI is InChI=1S/C12H25N3O2/c1-9(2)7-11(16)13-5-6-14-12(17)8-15-10(3)4/h9-10,15H,5-8H2,1-4H3,(H,13,16)(H,14,17). The van der Waals surface area contributed by atoms with E-state index in [9.17, 15) is 9.59 Å². The predicted octanol–water partition coefficient (Wildman–Crippen LogP) is 0.263. The third kappa shape index (κ3) is 11.2. The first-order valence-electron chi connectivity index (χ1n) is 6.18. The molecule has 5 heteroatoms. The summed E-state index contributed by atoms with van der Waals surface area (Å²) in [5, 5.41) is 8.51. The van der Waals surface area contributed by atoms with Crippen LogP contribution in [0.4, 0.5) is 0 Å². The van der Waals surface area contributed by atoms with Gasteiger partial charge in [0.05, 0.1) is 6.54 Å². The van der Waals surface area contributed by atoms with Crippen molar-refractivity contribution in [2.75, 3.05) is 19.6 Å². The van der Waals surface area contributed by atoms with Crippen molar-refractivity contribution in [1.29, 1.82) is 0 Å². The van der Waals surface area contributed by atoms with Crippen molar-refractivity contribution in [3.8, 4) is 0 Å². The molecule has 0 bridgehead atoms. The Kier molecular flexibility index (Phi) is 8.40. The number of nitrogens with one attached hydrogen (secondary N) is 3. The van der Waals surface area contributed by atoms with Crippen LogP contribution in [0, 0.1) is 5.92 Å². The molecule has 0 spiro atoms. The minimum absolute atomic E-state index is 0.0366. The van der Waals surface area contributed by atoms with Gasteiger partial charge in [0.25, 0.3) is 0 Å². The smallest absolute Gasteiger partial charge is 0.234 e. The first-order valence-corrected chi connectivity index (χ1v) is 6.18. The van der Waals surface area contributed by atoms with Crippen molar-refractivity contribution < 1.29 is 9.59 Å².